The average molecular weight is 907 g/mol. The molecule has 3 aromatic carbocycles. The molecule has 1 saturated carbocycles. The number of nitrogens with one attached hydrogen (secondary N) is 3. The van der Waals surface area contributed by atoms with Crippen molar-refractivity contribution in [2.75, 3.05) is 22.1 Å². The first-order valence-corrected chi connectivity index (χ1v) is 21.1. The summed E-state index contributed by atoms with van der Waals surface area (Å²) in [5, 5.41) is 43.0. The second-order valence-electron chi connectivity index (χ2n) is 15.6. The molecule has 4 aromatic heterocycles. The van der Waals surface area contributed by atoms with Crippen LogP contribution in [0.4, 0.5) is 23.1 Å². The number of nitriles is 2. The fraction of sp³-hybridized carbons (Fsp3) is 0.143. The van der Waals surface area contributed by atoms with Gasteiger partial charge in [-0.1, -0.05) is 61.2 Å². The van der Waals surface area contributed by atoms with Crippen LogP contribution < -0.4 is 36.9 Å². The third-order valence-electron chi connectivity index (χ3n) is 10.7. The van der Waals surface area contributed by atoms with Gasteiger partial charge in [0.05, 0.1) is 48.1 Å². The fourth-order valence-corrected chi connectivity index (χ4v) is 7.58. The van der Waals surface area contributed by atoms with Gasteiger partial charge in [0.1, 0.15) is 70.6 Å². The van der Waals surface area contributed by atoms with Gasteiger partial charge in [0.25, 0.3) is 11.8 Å². The van der Waals surface area contributed by atoms with E-state index in [0.29, 0.717) is 70.9 Å². The van der Waals surface area contributed by atoms with Crippen LogP contribution in [0.3, 0.4) is 0 Å². The standard InChI is InChI=1S/C49H42N14O5/c1-29(20-50)47(65)61-36-16-35(17-38(64)18-36)60-46-42(44(52)55-27-57-46)32-10-12-39(13-11-32)67-40-9-5-8-31(15-40)14-33(21-51)48(66)62-37-19-41(24-54-23-37)68-49-43(45(53)56-28-58-49)34-22-59-63(26-34)25-30-6-3-2-4-7-30/h2-15,19,22-24,26-28,35-36,38,64H,1,16-18,25H2,(H,61,65)(H,62,66)(H2,53,56,58)(H3,52,55,57,60)/b33-14+/t35-,36+,38+/m0/s1. The maximum Gasteiger partial charge on any atom is 0.266 e. The van der Waals surface area contributed by atoms with Crippen molar-refractivity contribution in [2.24, 2.45) is 0 Å². The zero-order valence-electron chi connectivity index (χ0n) is 36.2. The van der Waals surface area contributed by atoms with Crippen LogP contribution in [0.25, 0.3) is 28.3 Å². The number of aliphatic hydroxyl groups excluding tert-OH is 1. The van der Waals surface area contributed by atoms with Crippen LogP contribution in [0.2, 0.25) is 0 Å². The largest absolute Gasteiger partial charge is 0.457 e. The van der Waals surface area contributed by atoms with Crippen LogP contribution in [0.5, 0.6) is 23.1 Å². The van der Waals surface area contributed by atoms with Crippen LogP contribution in [-0.2, 0) is 16.1 Å². The van der Waals surface area contributed by atoms with E-state index in [1.807, 2.05) is 42.6 Å². The Kier molecular flexibility index (Phi) is 13.7. The molecule has 1 aliphatic rings. The summed E-state index contributed by atoms with van der Waals surface area (Å²) in [5.74, 6) is 0.882. The number of carbonyl (C=O) groups excluding carboxylic acids is 2. The molecule has 0 aliphatic heterocycles. The highest BCUT2D eigenvalue weighted by molar-refractivity contribution is 6.09. The van der Waals surface area contributed by atoms with E-state index in [9.17, 15) is 20.0 Å². The Morgan fingerprint density at radius 2 is 1.56 bits per heavy atom. The molecule has 0 bridgehead atoms. The number of aromatic nitrogens is 7. The van der Waals surface area contributed by atoms with Crippen molar-refractivity contribution in [3.63, 3.8) is 0 Å². The Labute approximate surface area is 389 Å². The number of pyridine rings is 1. The van der Waals surface area contributed by atoms with E-state index in [1.54, 1.807) is 65.5 Å². The van der Waals surface area contributed by atoms with E-state index in [2.05, 4.69) is 52.5 Å². The maximum absolute atomic E-state index is 13.4. The van der Waals surface area contributed by atoms with Crippen molar-refractivity contribution >= 4 is 41.0 Å². The fourth-order valence-electron chi connectivity index (χ4n) is 7.58. The van der Waals surface area contributed by atoms with E-state index in [4.69, 9.17) is 26.2 Å². The molecule has 1 fully saturated rings. The molecule has 19 nitrogen and oxygen atoms in total. The van der Waals surface area contributed by atoms with E-state index in [0.717, 1.165) is 5.56 Å². The van der Waals surface area contributed by atoms with Crippen LogP contribution in [0.15, 0.2) is 140 Å². The molecule has 68 heavy (non-hydrogen) atoms. The highest BCUT2D eigenvalue weighted by Gasteiger charge is 2.30. The van der Waals surface area contributed by atoms with Crippen molar-refractivity contribution in [3.05, 3.63) is 151 Å². The molecular weight excluding hydrogens is 865 g/mol. The van der Waals surface area contributed by atoms with Crippen LogP contribution in [0.1, 0.15) is 30.4 Å². The second kappa shape index (κ2) is 20.6. The first-order valence-electron chi connectivity index (χ1n) is 21.1. The highest BCUT2D eigenvalue weighted by Crippen LogP contribution is 2.37. The minimum Gasteiger partial charge on any atom is -0.457 e. The van der Waals surface area contributed by atoms with Crippen molar-refractivity contribution in [1.29, 1.82) is 10.5 Å². The van der Waals surface area contributed by atoms with Crippen LogP contribution >= 0.6 is 0 Å². The van der Waals surface area contributed by atoms with Gasteiger partial charge in [-0.05, 0) is 66.3 Å². The predicted octanol–water partition coefficient (Wildman–Crippen LogP) is 6.42. The van der Waals surface area contributed by atoms with Gasteiger partial charge in [0, 0.05) is 29.9 Å². The first kappa shape index (κ1) is 45.1. The number of benzene rings is 3. The Balaban J connectivity index is 0.911. The minimum absolute atomic E-state index is 0.151. The zero-order valence-corrected chi connectivity index (χ0v) is 36.2. The second-order valence-corrected chi connectivity index (χ2v) is 15.6. The quantitative estimate of drug-likeness (QED) is 0.0477. The first-order chi connectivity index (χ1) is 33.0. The minimum atomic E-state index is -0.706. The van der Waals surface area contributed by atoms with Gasteiger partial charge in [-0.3, -0.25) is 19.3 Å². The van der Waals surface area contributed by atoms with E-state index in [1.165, 1.54) is 37.2 Å². The normalized spacial score (nSPS) is 15.5. The molecule has 0 saturated heterocycles. The number of aliphatic hydroxyl groups is 1. The molecule has 8 rings (SSSR count). The average Bonchev–Trinajstić information content (AvgIpc) is 3.78. The lowest BCUT2D eigenvalue weighted by molar-refractivity contribution is -0.118. The Morgan fingerprint density at radius 1 is 0.794 bits per heavy atom. The third-order valence-corrected chi connectivity index (χ3v) is 10.7. The van der Waals surface area contributed by atoms with Crippen LogP contribution in [-0.4, -0.2) is 69.8 Å². The summed E-state index contributed by atoms with van der Waals surface area (Å²) in [6.45, 7) is 4.00. The lowest BCUT2D eigenvalue weighted by atomic mass is 9.88. The van der Waals surface area contributed by atoms with Gasteiger partial charge in [0.15, 0.2) is 0 Å². The molecule has 3 atom stereocenters. The number of hydrogen-bond donors (Lipinski definition) is 6. The lowest BCUT2D eigenvalue weighted by Gasteiger charge is -2.34. The summed E-state index contributed by atoms with van der Waals surface area (Å²) >= 11 is 0. The van der Waals surface area contributed by atoms with E-state index >= 15 is 0 Å². The molecule has 2 amide bonds. The molecule has 8 N–H and O–H groups in total. The molecule has 7 aromatic rings. The Hall–Kier alpha value is -9.46. The van der Waals surface area contributed by atoms with Crippen molar-refractivity contribution in [2.45, 2.75) is 44.0 Å². The highest BCUT2D eigenvalue weighted by atomic mass is 16.5. The molecule has 4 heterocycles. The van der Waals surface area contributed by atoms with Crippen molar-refractivity contribution in [3.8, 4) is 57.5 Å². The number of nitrogens with two attached hydrogens (primary N) is 2. The molecular formula is C49H42N14O5. The van der Waals surface area contributed by atoms with Gasteiger partial charge in [0.2, 0.25) is 5.88 Å². The number of carbonyl (C=O) groups is 2. The molecule has 0 spiro atoms. The number of hydrogen-bond acceptors (Lipinski definition) is 16. The molecule has 1 aliphatic carbocycles. The number of amides is 2. The summed E-state index contributed by atoms with van der Waals surface area (Å²) in [5.41, 5.74) is 16.4. The molecule has 0 unspecified atom stereocenters. The Bertz CT molecular complexity index is 3110. The van der Waals surface area contributed by atoms with Crippen LogP contribution in [0, 0.1) is 22.7 Å². The summed E-state index contributed by atoms with van der Waals surface area (Å²) in [6.07, 6.45) is 10.9. The Morgan fingerprint density at radius 3 is 2.34 bits per heavy atom. The lowest BCUT2D eigenvalue weighted by Crippen LogP contribution is -2.46. The van der Waals surface area contributed by atoms with Gasteiger partial charge in [-0.15, -0.1) is 0 Å². The number of nitrogen functional groups attached to an aromatic ring is 2. The topological polar surface area (TPSA) is 291 Å². The summed E-state index contributed by atoms with van der Waals surface area (Å²) < 4.78 is 14.0. The maximum atomic E-state index is 13.4. The predicted molar refractivity (Wildman–Crippen MR) is 252 cm³/mol. The number of ether oxygens (including phenoxy) is 2. The number of anilines is 4. The van der Waals surface area contributed by atoms with Gasteiger partial charge in [-0.25, -0.2) is 19.9 Å². The van der Waals surface area contributed by atoms with Gasteiger partial charge < -0.3 is 42.0 Å². The number of rotatable bonds is 15. The number of nitrogens with zero attached hydrogens (tertiary/aromatic N) is 9. The van der Waals surface area contributed by atoms with E-state index in [-0.39, 0.29) is 46.1 Å². The molecule has 19 heteroatoms. The molecule has 0 radical (unpaired) electrons. The van der Waals surface area contributed by atoms with E-state index < -0.39 is 24.0 Å². The summed E-state index contributed by atoms with van der Waals surface area (Å²) in [4.78, 5) is 47.0. The summed E-state index contributed by atoms with van der Waals surface area (Å²) in [7, 11) is 0. The molecule has 338 valence electrons. The SMILES string of the molecule is C=C(C#N)C(=O)N[C@H]1C[C@H](O)C[C@@H](Nc2ncnc(N)c2-c2ccc(Oc3cccc(/C=C(\C#N)C(=O)Nc4cncc(Oc5ncnc(N)c5-c5cnn(Cc6ccccc6)c5)c4)c3)cc2)C1. The third kappa shape index (κ3) is 11.1. The summed E-state index contributed by atoms with van der Waals surface area (Å²) in [6, 6.07) is 28.4. The van der Waals surface area contributed by atoms with Gasteiger partial charge in [-0.2, -0.15) is 15.6 Å². The zero-order chi connectivity index (χ0) is 47.6. The van der Waals surface area contributed by atoms with Gasteiger partial charge >= 0.3 is 0 Å². The smallest absolute Gasteiger partial charge is 0.266 e. The monoisotopic (exact) mass is 906 g/mol. The van der Waals surface area contributed by atoms with Crippen molar-refractivity contribution < 1.29 is 24.2 Å². The van der Waals surface area contributed by atoms with Crippen molar-refractivity contribution in [1.82, 2.24) is 40.0 Å².